The highest BCUT2D eigenvalue weighted by Crippen LogP contribution is 2.25. The fourth-order valence-electron chi connectivity index (χ4n) is 5.40. The number of nitrogens with zero attached hydrogens (tertiary/aromatic N) is 3. The van der Waals surface area contributed by atoms with Crippen molar-refractivity contribution in [3.05, 3.63) is 95.2 Å². The Kier molecular flexibility index (Phi) is 9.05. The van der Waals surface area contributed by atoms with Crippen molar-refractivity contribution in [1.29, 1.82) is 0 Å². The standard InChI is InChI=1S/C33H36N4O5S/c1-24(41-32-4-2-3-18-40-32)33-34-16-17-37(33)22-30-20-31(42-36-30)28-13-11-26(12-14-28)6-5-25-7-9-27(10-8-25)21-35-29-15-19-43(38,39)23-29/h7-14,16-17,20,24,29,32,35H,2-4,15,18-19,21-23H2,1H3. The first-order valence-electron chi connectivity index (χ1n) is 14.8. The van der Waals surface area contributed by atoms with Gasteiger partial charge in [-0.15, -0.1) is 0 Å². The Morgan fingerprint density at radius 1 is 1.07 bits per heavy atom. The smallest absolute Gasteiger partial charge is 0.167 e. The van der Waals surface area contributed by atoms with Gasteiger partial charge in [-0.05, 0) is 74.6 Å². The van der Waals surface area contributed by atoms with Crippen LogP contribution in [0.5, 0.6) is 0 Å². The molecule has 9 nitrogen and oxygen atoms in total. The van der Waals surface area contributed by atoms with E-state index in [0.29, 0.717) is 25.3 Å². The summed E-state index contributed by atoms with van der Waals surface area (Å²) in [4.78, 5) is 4.51. The lowest BCUT2D eigenvalue weighted by Crippen LogP contribution is -2.29. The lowest BCUT2D eigenvalue weighted by Gasteiger charge is -2.26. The molecule has 0 bridgehead atoms. The van der Waals surface area contributed by atoms with E-state index in [1.807, 2.05) is 72.3 Å². The highest BCUT2D eigenvalue weighted by Gasteiger charge is 2.27. The fraction of sp³-hybridized carbons (Fsp3) is 0.394. The molecule has 1 N–H and O–H groups in total. The second-order valence-corrected chi connectivity index (χ2v) is 13.4. The molecule has 4 heterocycles. The average molecular weight is 601 g/mol. The molecule has 2 saturated heterocycles. The number of nitrogens with one attached hydrogen (secondary N) is 1. The van der Waals surface area contributed by atoms with Crippen LogP contribution in [0.15, 0.2) is 71.5 Å². The van der Waals surface area contributed by atoms with Crippen LogP contribution in [-0.4, -0.2) is 53.6 Å². The number of ether oxygens (including phenoxy) is 2. The van der Waals surface area contributed by atoms with Crippen molar-refractivity contribution in [2.75, 3.05) is 18.1 Å². The topological polar surface area (TPSA) is 108 Å². The van der Waals surface area contributed by atoms with Gasteiger partial charge in [-0.3, -0.25) is 0 Å². The van der Waals surface area contributed by atoms with Gasteiger partial charge >= 0.3 is 0 Å². The molecule has 2 aliphatic rings. The van der Waals surface area contributed by atoms with Gasteiger partial charge < -0.3 is 23.9 Å². The molecule has 3 unspecified atom stereocenters. The van der Waals surface area contributed by atoms with Crippen LogP contribution in [0.3, 0.4) is 0 Å². The minimum atomic E-state index is -2.88. The molecular formula is C33H36N4O5S. The summed E-state index contributed by atoms with van der Waals surface area (Å²) in [6.07, 6.45) is 7.12. The fourth-order valence-corrected chi connectivity index (χ4v) is 7.11. The van der Waals surface area contributed by atoms with Crippen molar-refractivity contribution < 1.29 is 22.4 Å². The molecule has 2 aliphatic heterocycles. The quantitative estimate of drug-likeness (QED) is 0.271. The number of imidazole rings is 1. The van der Waals surface area contributed by atoms with E-state index in [-0.39, 0.29) is 29.9 Å². The molecule has 0 amide bonds. The third-order valence-electron chi connectivity index (χ3n) is 7.80. The van der Waals surface area contributed by atoms with Crippen molar-refractivity contribution in [2.24, 2.45) is 0 Å². The zero-order valence-electron chi connectivity index (χ0n) is 24.2. The second-order valence-electron chi connectivity index (χ2n) is 11.2. The molecule has 224 valence electrons. The summed E-state index contributed by atoms with van der Waals surface area (Å²) in [5, 5.41) is 7.62. The van der Waals surface area contributed by atoms with Crippen LogP contribution in [-0.2, 0) is 32.4 Å². The lowest BCUT2D eigenvalue weighted by molar-refractivity contribution is -0.188. The third-order valence-corrected chi connectivity index (χ3v) is 9.57. The van der Waals surface area contributed by atoms with Gasteiger partial charge in [0.25, 0.3) is 0 Å². The van der Waals surface area contributed by atoms with Crippen LogP contribution in [0.2, 0.25) is 0 Å². The first-order valence-corrected chi connectivity index (χ1v) is 16.6. The first-order chi connectivity index (χ1) is 20.9. The monoisotopic (exact) mass is 600 g/mol. The van der Waals surface area contributed by atoms with E-state index in [2.05, 4.69) is 27.3 Å². The first kappa shape index (κ1) is 29.3. The van der Waals surface area contributed by atoms with E-state index in [1.54, 1.807) is 6.20 Å². The van der Waals surface area contributed by atoms with E-state index in [9.17, 15) is 8.42 Å². The Labute approximate surface area is 252 Å². The van der Waals surface area contributed by atoms with Gasteiger partial charge in [0.05, 0.1) is 18.1 Å². The summed E-state index contributed by atoms with van der Waals surface area (Å²) in [7, 11) is -2.88. The summed E-state index contributed by atoms with van der Waals surface area (Å²) in [6, 6.07) is 17.9. The van der Waals surface area contributed by atoms with Gasteiger partial charge in [0, 0.05) is 54.3 Å². The summed E-state index contributed by atoms with van der Waals surface area (Å²) in [6.45, 7) is 3.91. The van der Waals surface area contributed by atoms with Gasteiger partial charge in [0.2, 0.25) is 0 Å². The molecule has 0 saturated carbocycles. The van der Waals surface area contributed by atoms with Crippen molar-refractivity contribution in [3.63, 3.8) is 0 Å². The minimum absolute atomic E-state index is 0.0380. The van der Waals surface area contributed by atoms with Crippen LogP contribution in [0.25, 0.3) is 11.3 Å². The number of aromatic nitrogens is 3. The Balaban J connectivity index is 1.02. The predicted molar refractivity (Wildman–Crippen MR) is 163 cm³/mol. The van der Waals surface area contributed by atoms with Crippen LogP contribution in [0.4, 0.5) is 0 Å². The highest BCUT2D eigenvalue weighted by atomic mass is 32.2. The molecule has 43 heavy (non-hydrogen) atoms. The molecule has 0 radical (unpaired) electrons. The lowest BCUT2D eigenvalue weighted by atomic mass is 10.1. The van der Waals surface area contributed by atoms with E-state index >= 15 is 0 Å². The third kappa shape index (κ3) is 7.80. The van der Waals surface area contributed by atoms with Gasteiger partial charge in [-0.2, -0.15) is 0 Å². The van der Waals surface area contributed by atoms with Crippen molar-refractivity contribution in [2.45, 2.75) is 64.1 Å². The van der Waals surface area contributed by atoms with Gasteiger partial charge in [0.15, 0.2) is 21.9 Å². The van der Waals surface area contributed by atoms with Crippen molar-refractivity contribution >= 4 is 9.84 Å². The number of hydrogen-bond donors (Lipinski definition) is 1. The van der Waals surface area contributed by atoms with Crippen LogP contribution in [0.1, 0.15) is 66.9 Å². The molecule has 4 aromatic rings. The summed E-state index contributed by atoms with van der Waals surface area (Å²) in [5.74, 6) is 8.45. The molecule has 2 fully saturated rings. The number of rotatable bonds is 9. The van der Waals surface area contributed by atoms with Crippen LogP contribution in [0, 0.1) is 11.8 Å². The maximum Gasteiger partial charge on any atom is 0.167 e. The Hall–Kier alpha value is -3.75. The van der Waals surface area contributed by atoms with Gasteiger partial charge in [-0.1, -0.05) is 29.1 Å². The predicted octanol–water partition coefficient (Wildman–Crippen LogP) is 4.87. The summed E-state index contributed by atoms with van der Waals surface area (Å²) < 4.78 is 42.8. The Morgan fingerprint density at radius 3 is 2.53 bits per heavy atom. The molecule has 0 spiro atoms. The zero-order valence-corrected chi connectivity index (χ0v) is 25.1. The number of sulfone groups is 1. The largest absolute Gasteiger partial charge is 0.356 e. The maximum absolute atomic E-state index is 11.6. The van der Waals surface area contributed by atoms with Crippen molar-refractivity contribution in [3.8, 4) is 23.2 Å². The van der Waals surface area contributed by atoms with Crippen LogP contribution < -0.4 is 5.32 Å². The van der Waals surface area contributed by atoms with Gasteiger partial charge in [0.1, 0.15) is 17.6 Å². The Morgan fingerprint density at radius 2 is 1.84 bits per heavy atom. The molecule has 10 heteroatoms. The van der Waals surface area contributed by atoms with Gasteiger partial charge in [-0.25, -0.2) is 13.4 Å². The Bertz CT molecular complexity index is 1680. The number of benzene rings is 2. The van der Waals surface area contributed by atoms with Crippen molar-refractivity contribution in [1.82, 2.24) is 20.0 Å². The average Bonchev–Trinajstić information content (AvgIpc) is 3.77. The van der Waals surface area contributed by atoms with E-state index in [0.717, 1.165) is 59.6 Å². The van der Waals surface area contributed by atoms with E-state index in [1.165, 1.54) is 0 Å². The summed E-state index contributed by atoms with van der Waals surface area (Å²) >= 11 is 0. The van der Waals surface area contributed by atoms with Crippen LogP contribution >= 0.6 is 0 Å². The number of hydrogen-bond acceptors (Lipinski definition) is 8. The van der Waals surface area contributed by atoms with E-state index in [4.69, 9.17) is 14.0 Å². The SMILES string of the molecule is CC(OC1CCCCO1)c1nccn1Cc1cc(-c2ccc(C#Cc3ccc(CNC4CCS(=O)(=O)C4)cc3)cc2)on1. The molecule has 6 rings (SSSR count). The minimum Gasteiger partial charge on any atom is -0.356 e. The molecule has 3 atom stereocenters. The summed E-state index contributed by atoms with van der Waals surface area (Å²) in [5.41, 5.74) is 4.64. The molecule has 2 aromatic heterocycles. The molecule has 0 aliphatic carbocycles. The zero-order chi connectivity index (χ0) is 29.6. The normalized spacial score (nSPS) is 20.4. The maximum atomic E-state index is 11.6. The second kappa shape index (κ2) is 13.3. The van der Waals surface area contributed by atoms with E-state index < -0.39 is 9.84 Å². The molecular weight excluding hydrogens is 564 g/mol. The highest BCUT2D eigenvalue weighted by molar-refractivity contribution is 7.91. The molecule has 2 aromatic carbocycles.